The van der Waals surface area contributed by atoms with Gasteiger partial charge in [0.25, 0.3) is 5.91 Å². The lowest BCUT2D eigenvalue weighted by Crippen LogP contribution is -2.47. The molecule has 26 heavy (non-hydrogen) atoms. The van der Waals surface area contributed by atoms with Crippen molar-refractivity contribution < 1.29 is 28.2 Å². The van der Waals surface area contributed by atoms with E-state index in [1.807, 2.05) is 0 Å². The van der Waals surface area contributed by atoms with Crippen LogP contribution in [0.25, 0.3) is 0 Å². The monoisotopic (exact) mass is 384 g/mol. The average molecular weight is 384 g/mol. The number of sulfonamides is 1. The second kappa shape index (κ2) is 8.15. The van der Waals surface area contributed by atoms with Crippen molar-refractivity contribution in [2.24, 2.45) is 5.92 Å². The number of carbonyl (C=O) groups excluding carboxylic acids is 1. The zero-order valence-electron chi connectivity index (χ0n) is 14.8. The summed E-state index contributed by atoms with van der Waals surface area (Å²) in [5.74, 6) is -1.55. The third-order valence-electron chi connectivity index (χ3n) is 4.53. The third kappa shape index (κ3) is 4.60. The highest BCUT2D eigenvalue weighted by molar-refractivity contribution is 7.89. The Balaban J connectivity index is 2.12. The van der Waals surface area contributed by atoms with Crippen molar-refractivity contribution in [1.29, 1.82) is 0 Å². The van der Waals surface area contributed by atoms with Gasteiger partial charge in [-0.05, 0) is 49.9 Å². The number of benzene rings is 1. The van der Waals surface area contributed by atoms with Crippen molar-refractivity contribution in [3.8, 4) is 0 Å². The predicted molar refractivity (Wildman–Crippen MR) is 94.2 cm³/mol. The molecule has 0 saturated carbocycles. The van der Waals surface area contributed by atoms with Crippen LogP contribution in [-0.2, 0) is 14.8 Å². The second-order valence-electron chi connectivity index (χ2n) is 6.64. The summed E-state index contributed by atoms with van der Waals surface area (Å²) in [5, 5.41) is 20.6. The van der Waals surface area contributed by atoms with Crippen molar-refractivity contribution in [2.45, 2.75) is 43.7 Å². The molecule has 1 saturated heterocycles. The number of carbonyl (C=O) groups is 2. The van der Waals surface area contributed by atoms with Crippen LogP contribution in [0.1, 0.15) is 37.0 Å². The maximum Gasteiger partial charge on any atom is 0.328 e. The first kappa shape index (κ1) is 20.3. The summed E-state index contributed by atoms with van der Waals surface area (Å²) in [6.07, 6.45) is 0.364. The Hall–Kier alpha value is -1.97. The Bertz CT molecular complexity index is 752. The number of aliphatic carboxylic acids is 1. The molecule has 0 aromatic heterocycles. The summed E-state index contributed by atoms with van der Waals surface area (Å²) in [4.78, 5) is 23.2. The first-order chi connectivity index (χ1) is 12.1. The smallest absolute Gasteiger partial charge is 0.328 e. The number of nitrogens with one attached hydrogen (secondary N) is 1. The van der Waals surface area contributed by atoms with Gasteiger partial charge in [-0.1, -0.05) is 6.92 Å². The average Bonchev–Trinajstić information content (AvgIpc) is 2.59. The Kier molecular flexibility index (Phi) is 6.38. The minimum absolute atomic E-state index is 0.0916. The van der Waals surface area contributed by atoms with E-state index in [0.717, 1.165) is 12.8 Å². The van der Waals surface area contributed by atoms with Crippen LogP contribution in [0.5, 0.6) is 0 Å². The molecule has 1 aromatic carbocycles. The highest BCUT2D eigenvalue weighted by Gasteiger charge is 2.29. The van der Waals surface area contributed by atoms with Gasteiger partial charge in [0, 0.05) is 18.7 Å². The SMILES string of the molecule is CC1CCN(S(=O)(=O)c2ccc(C(=O)N[C@@H](C(=O)O)[C@H](C)O)cc2)CC1. The molecule has 8 nitrogen and oxygen atoms in total. The van der Waals surface area contributed by atoms with Gasteiger partial charge < -0.3 is 15.5 Å². The van der Waals surface area contributed by atoms with Gasteiger partial charge in [-0.25, -0.2) is 13.2 Å². The van der Waals surface area contributed by atoms with E-state index in [4.69, 9.17) is 5.11 Å². The molecule has 1 aliphatic rings. The number of amides is 1. The molecular weight excluding hydrogens is 360 g/mol. The van der Waals surface area contributed by atoms with Crippen molar-refractivity contribution in [3.63, 3.8) is 0 Å². The maximum atomic E-state index is 12.6. The van der Waals surface area contributed by atoms with Crippen LogP contribution >= 0.6 is 0 Å². The van der Waals surface area contributed by atoms with Gasteiger partial charge in [0.15, 0.2) is 6.04 Å². The first-order valence-electron chi connectivity index (χ1n) is 8.45. The van der Waals surface area contributed by atoms with Crippen molar-refractivity contribution >= 4 is 21.9 Å². The zero-order valence-corrected chi connectivity index (χ0v) is 15.6. The van der Waals surface area contributed by atoms with Crippen molar-refractivity contribution in [2.75, 3.05) is 13.1 Å². The van der Waals surface area contributed by atoms with Gasteiger partial charge in [-0.3, -0.25) is 4.79 Å². The molecule has 0 spiro atoms. The van der Waals surface area contributed by atoms with Gasteiger partial charge in [0.1, 0.15) is 0 Å². The lowest BCUT2D eigenvalue weighted by atomic mass is 10.0. The van der Waals surface area contributed by atoms with Crippen LogP contribution in [-0.4, -0.2) is 60.0 Å². The fourth-order valence-corrected chi connectivity index (χ4v) is 4.24. The highest BCUT2D eigenvalue weighted by atomic mass is 32.2. The maximum absolute atomic E-state index is 12.6. The molecule has 2 rings (SSSR count). The van der Waals surface area contributed by atoms with E-state index < -0.39 is 34.0 Å². The third-order valence-corrected chi connectivity index (χ3v) is 6.44. The Morgan fingerprint density at radius 1 is 1.19 bits per heavy atom. The van der Waals surface area contributed by atoms with Gasteiger partial charge >= 0.3 is 5.97 Å². The molecule has 0 radical (unpaired) electrons. The molecule has 2 atom stereocenters. The normalized spacial score (nSPS) is 18.9. The minimum Gasteiger partial charge on any atom is -0.480 e. The molecule has 0 unspecified atom stereocenters. The largest absolute Gasteiger partial charge is 0.480 e. The standard InChI is InChI=1S/C17H24N2O6S/c1-11-7-9-19(10-8-11)26(24,25)14-5-3-13(4-6-14)16(21)18-15(12(2)20)17(22)23/h3-6,11-12,15,20H,7-10H2,1-2H3,(H,18,21)(H,22,23)/t12-,15+/m0/s1. The van der Waals surface area contributed by atoms with Gasteiger partial charge in [0.05, 0.1) is 11.0 Å². The lowest BCUT2D eigenvalue weighted by Gasteiger charge is -2.29. The van der Waals surface area contributed by atoms with Crippen LogP contribution in [0, 0.1) is 5.92 Å². The summed E-state index contributed by atoms with van der Waals surface area (Å²) in [6.45, 7) is 4.30. The van der Waals surface area contributed by atoms with Crippen LogP contribution in [0.2, 0.25) is 0 Å². The molecule has 0 bridgehead atoms. The summed E-state index contributed by atoms with van der Waals surface area (Å²) < 4.78 is 26.7. The zero-order chi connectivity index (χ0) is 19.5. The van der Waals surface area contributed by atoms with Crippen LogP contribution in [0.4, 0.5) is 0 Å². The number of aliphatic hydroxyl groups is 1. The van der Waals surface area contributed by atoms with E-state index in [9.17, 15) is 23.1 Å². The molecule has 144 valence electrons. The number of aliphatic hydroxyl groups excluding tert-OH is 1. The molecule has 3 N–H and O–H groups in total. The van der Waals surface area contributed by atoms with E-state index in [1.165, 1.54) is 35.5 Å². The summed E-state index contributed by atoms with van der Waals surface area (Å²) in [7, 11) is -3.61. The lowest BCUT2D eigenvalue weighted by molar-refractivity contribution is -0.141. The molecule has 1 fully saturated rings. The number of hydrogen-bond donors (Lipinski definition) is 3. The molecule has 9 heteroatoms. The summed E-state index contributed by atoms with van der Waals surface area (Å²) >= 11 is 0. The van der Waals surface area contributed by atoms with Gasteiger partial charge in [0.2, 0.25) is 10.0 Å². The van der Waals surface area contributed by atoms with E-state index >= 15 is 0 Å². The van der Waals surface area contributed by atoms with E-state index in [-0.39, 0.29) is 10.5 Å². The van der Waals surface area contributed by atoms with Crippen LogP contribution in [0.15, 0.2) is 29.2 Å². The van der Waals surface area contributed by atoms with Crippen LogP contribution in [0.3, 0.4) is 0 Å². The van der Waals surface area contributed by atoms with Gasteiger partial charge in [-0.15, -0.1) is 0 Å². The molecule has 1 heterocycles. The van der Waals surface area contributed by atoms with E-state index in [1.54, 1.807) is 0 Å². The highest BCUT2D eigenvalue weighted by Crippen LogP contribution is 2.23. The number of carboxylic acids is 1. The van der Waals surface area contributed by atoms with Crippen LogP contribution < -0.4 is 5.32 Å². The summed E-state index contributed by atoms with van der Waals surface area (Å²) in [6, 6.07) is 3.88. The molecular formula is C17H24N2O6S. The van der Waals surface area contributed by atoms with Gasteiger partial charge in [-0.2, -0.15) is 4.31 Å². The van der Waals surface area contributed by atoms with E-state index in [0.29, 0.717) is 19.0 Å². The Morgan fingerprint density at radius 2 is 1.73 bits per heavy atom. The van der Waals surface area contributed by atoms with E-state index in [2.05, 4.69) is 12.2 Å². The van der Waals surface area contributed by atoms with Crippen molar-refractivity contribution in [3.05, 3.63) is 29.8 Å². The predicted octanol–water partition coefficient (Wildman–Crippen LogP) is 0.671. The Morgan fingerprint density at radius 3 is 2.19 bits per heavy atom. The number of carboxylic acid groups (broad SMARTS) is 1. The molecule has 1 amide bonds. The summed E-state index contributed by atoms with van der Waals surface area (Å²) in [5.41, 5.74) is 0.114. The second-order valence-corrected chi connectivity index (χ2v) is 8.58. The Labute approximate surface area is 152 Å². The molecule has 1 aliphatic heterocycles. The molecule has 1 aromatic rings. The first-order valence-corrected chi connectivity index (χ1v) is 9.89. The topological polar surface area (TPSA) is 124 Å². The fourth-order valence-electron chi connectivity index (χ4n) is 2.77. The number of nitrogens with zero attached hydrogens (tertiary/aromatic N) is 1. The van der Waals surface area contributed by atoms with Crippen molar-refractivity contribution in [1.82, 2.24) is 9.62 Å². The number of hydrogen-bond acceptors (Lipinski definition) is 5. The minimum atomic E-state index is -3.61. The molecule has 0 aliphatic carbocycles. The quantitative estimate of drug-likeness (QED) is 0.662. The number of piperidine rings is 1. The fraction of sp³-hybridized carbons (Fsp3) is 0.529. The number of rotatable bonds is 6.